The van der Waals surface area contributed by atoms with E-state index in [4.69, 9.17) is 19.9 Å². The van der Waals surface area contributed by atoms with E-state index in [0.29, 0.717) is 11.4 Å². The summed E-state index contributed by atoms with van der Waals surface area (Å²) in [6.07, 6.45) is 0.849. The van der Waals surface area contributed by atoms with Crippen LogP contribution in [0.1, 0.15) is 5.56 Å². The van der Waals surface area contributed by atoms with Gasteiger partial charge in [-0.1, -0.05) is 0 Å². The van der Waals surface area contributed by atoms with E-state index in [1.165, 1.54) is 20.3 Å². The van der Waals surface area contributed by atoms with E-state index in [9.17, 15) is 4.79 Å². The van der Waals surface area contributed by atoms with Crippen LogP contribution < -0.4 is 19.9 Å². The van der Waals surface area contributed by atoms with Gasteiger partial charge in [-0.2, -0.15) is 4.99 Å². The monoisotopic (exact) mass is 433 g/mol. The Morgan fingerprint density at radius 1 is 1.17 bits per heavy atom. The predicted octanol–water partition coefficient (Wildman–Crippen LogP) is 3.84. The third-order valence-corrected chi connectivity index (χ3v) is 4.76. The van der Waals surface area contributed by atoms with Crippen molar-refractivity contribution >= 4 is 40.0 Å². The average molecular weight is 433 g/mol. The van der Waals surface area contributed by atoms with Gasteiger partial charge in [0, 0.05) is 11.3 Å². The van der Waals surface area contributed by atoms with Gasteiger partial charge in [-0.05, 0) is 36.6 Å². The van der Waals surface area contributed by atoms with Gasteiger partial charge in [0.25, 0.3) is 0 Å². The Hall–Kier alpha value is -3.27. The van der Waals surface area contributed by atoms with Crippen molar-refractivity contribution in [2.45, 2.75) is 0 Å². The summed E-state index contributed by atoms with van der Waals surface area (Å²) >= 11 is 1.11. The van der Waals surface area contributed by atoms with Crippen molar-refractivity contribution in [3.63, 3.8) is 0 Å². The van der Waals surface area contributed by atoms with Crippen molar-refractivity contribution in [1.82, 2.24) is 0 Å². The van der Waals surface area contributed by atoms with E-state index >= 15 is 4.39 Å². The maximum atomic E-state index is 15.5. The van der Waals surface area contributed by atoms with Gasteiger partial charge in [-0.3, -0.25) is 0 Å². The summed E-state index contributed by atoms with van der Waals surface area (Å²) in [6, 6.07) is 8.08. The standard InChI is InChI=1S/C20H20FN3O5S/c1-26-14-10-13(15(21)18-17(14)28-8-9-29-18)16(19(30-3)24-20(25)27-2)23-12-6-4-11(22)5-7-12/h4-7,10H,8-9,22H2,1-3H3. The van der Waals surface area contributed by atoms with Gasteiger partial charge in [0.15, 0.2) is 11.6 Å². The number of carbonyl (C=O) groups excluding carboxylic acids is 1. The molecule has 0 radical (unpaired) electrons. The molecule has 0 spiro atoms. The van der Waals surface area contributed by atoms with E-state index < -0.39 is 11.9 Å². The summed E-state index contributed by atoms with van der Waals surface area (Å²) in [5, 5.41) is 0.149. The Morgan fingerprint density at radius 3 is 2.43 bits per heavy atom. The van der Waals surface area contributed by atoms with Gasteiger partial charge in [0.05, 0.1) is 19.9 Å². The molecule has 0 aliphatic carbocycles. The molecule has 0 saturated carbocycles. The Kier molecular flexibility index (Phi) is 6.78. The molecule has 8 nitrogen and oxygen atoms in total. The summed E-state index contributed by atoms with van der Waals surface area (Å²) < 4.78 is 36.4. The third kappa shape index (κ3) is 4.48. The highest BCUT2D eigenvalue weighted by Gasteiger charge is 2.28. The second-order valence-electron chi connectivity index (χ2n) is 5.94. The summed E-state index contributed by atoms with van der Waals surface area (Å²) in [7, 11) is 2.64. The molecule has 1 aliphatic heterocycles. The zero-order valence-corrected chi connectivity index (χ0v) is 17.4. The molecule has 2 N–H and O–H groups in total. The van der Waals surface area contributed by atoms with Gasteiger partial charge in [0.1, 0.15) is 24.0 Å². The van der Waals surface area contributed by atoms with Gasteiger partial charge in [0.2, 0.25) is 11.5 Å². The number of hydrogen-bond acceptors (Lipinski definition) is 8. The lowest BCUT2D eigenvalue weighted by Crippen LogP contribution is -2.21. The highest BCUT2D eigenvalue weighted by atomic mass is 32.2. The maximum Gasteiger partial charge on any atom is 0.434 e. The molecular formula is C20H20FN3O5S. The van der Waals surface area contributed by atoms with Crippen LogP contribution in [0.2, 0.25) is 0 Å². The molecule has 10 heteroatoms. The summed E-state index contributed by atoms with van der Waals surface area (Å²) in [4.78, 5) is 20.2. The highest BCUT2D eigenvalue weighted by molar-refractivity contribution is 8.15. The van der Waals surface area contributed by atoms with Crippen molar-refractivity contribution in [2.24, 2.45) is 9.98 Å². The first kappa shape index (κ1) is 21.4. The average Bonchev–Trinajstić information content (AvgIpc) is 2.78. The summed E-state index contributed by atoms with van der Waals surface area (Å²) in [5.74, 6) is -0.345. The first-order valence-electron chi connectivity index (χ1n) is 8.80. The molecule has 1 heterocycles. The van der Waals surface area contributed by atoms with Gasteiger partial charge >= 0.3 is 6.09 Å². The Bertz CT molecular complexity index is 1010. The van der Waals surface area contributed by atoms with Crippen molar-refractivity contribution in [3.8, 4) is 17.2 Å². The third-order valence-electron chi connectivity index (χ3n) is 4.09. The fraction of sp³-hybridized carbons (Fsp3) is 0.250. The van der Waals surface area contributed by atoms with Crippen LogP contribution in [0, 0.1) is 5.82 Å². The second kappa shape index (κ2) is 9.49. The van der Waals surface area contributed by atoms with Crippen LogP contribution in [0.5, 0.6) is 17.2 Å². The number of nitrogens with two attached hydrogens (primary N) is 1. The number of ether oxygens (including phenoxy) is 4. The topological polar surface area (TPSA) is 105 Å². The number of methoxy groups -OCH3 is 2. The molecule has 1 amide bonds. The van der Waals surface area contributed by atoms with Crippen LogP contribution >= 0.6 is 11.8 Å². The Labute approximate surface area is 176 Å². The van der Waals surface area contributed by atoms with Crippen LogP contribution in [0.3, 0.4) is 0 Å². The van der Waals surface area contributed by atoms with Crippen molar-refractivity contribution < 1.29 is 28.1 Å². The lowest BCUT2D eigenvalue weighted by atomic mass is 10.1. The highest BCUT2D eigenvalue weighted by Crippen LogP contribution is 2.43. The summed E-state index contributed by atoms with van der Waals surface area (Å²) in [5.41, 5.74) is 6.90. The molecule has 0 bridgehead atoms. The molecule has 0 saturated heterocycles. The van der Waals surface area contributed by atoms with Crippen molar-refractivity contribution in [3.05, 3.63) is 41.7 Å². The molecule has 3 rings (SSSR count). The molecular weight excluding hydrogens is 413 g/mol. The maximum absolute atomic E-state index is 15.5. The number of hydrogen-bond donors (Lipinski definition) is 1. The first-order chi connectivity index (χ1) is 14.5. The number of rotatable bonds is 4. The van der Waals surface area contributed by atoms with E-state index in [0.717, 1.165) is 11.8 Å². The van der Waals surface area contributed by atoms with Gasteiger partial charge in [-0.15, -0.1) is 11.8 Å². The fourth-order valence-electron chi connectivity index (χ4n) is 2.70. The molecule has 0 unspecified atom stereocenters. The molecule has 158 valence electrons. The normalized spacial score (nSPS) is 13.7. The minimum atomic E-state index is -0.839. The number of aliphatic imine (C=N–C) groups is 2. The smallest absolute Gasteiger partial charge is 0.434 e. The molecule has 1 aliphatic rings. The SMILES string of the molecule is COC(=O)N=C(SC)C(=Nc1ccc(N)cc1)c1cc(OC)c2c(c1F)OCCO2. The number of anilines is 1. The molecule has 0 atom stereocenters. The second-order valence-corrected chi connectivity index (χ2v) is 6.73. The molecule has 0 aromatic heterocycles. The fourth-order valence-corrected chi connectivity index (χ4v) is 3.21. The Morgan fingerprint density at radius 2 is 1.83 bits per heavy atom. The lowest BCUT2D eigenvalue weighted by Gasteiger charge is -2.23. The largest absolute Gasteiger partial charge is 0.493 e. The zero-order valence-electron chi connectivity index (χ0n) is 16.6. The molecule has 2 aromatic rings. The first-order valence-corrected chi connectivity index (χ1v) is 10.0. The quantitative estimate of drug-likeness (QED) is 0.444. The predicted molar refractivity (Wildman–Crippen MR) is 114 cm³/mol. The van der Waals surface area contributed by atoms with Crippen molar-refractivity contribution in [2.75, 3.05) is 39.4 Å². The number of benzene rings is 2. The zero-order chi connectivity index (χ0) is 21.7. The van der Waals surface area contributed by atoms with Crippen molar-refractivity contribution in [1.29, 1.82) is 0 Å². The van der Waals surface area contributed by atoms with Crippen LogP contribution in [0.4, 0.5) is 20.6 Å². The molecule has 30 heavy (non-hydrogen) atoms. The minimum absolute atomic E-state index is 0.0323. The number of amides is 1. The number of halogens is 1. The number of carbonyl (C=O) groups is 1. The number of nitrogen functional groups attached to an aromatic ring is 1. The molecule has 2 aromatic carbocycles. The van der Waals surface area contributed by atoms with Crippen LogP contribution in [0.25, 0.3) is 0 Å². The number of fused-ring (bicyclic) bond motifs is 1. The van der Waals surface area contributed by atoms with E-state index in [2.05, 4.69) is 14.7 Å². The lowest BCUT2D eigenvalue weighted by molar-refractivity contribution is 0.158. The Balaban J connectivity index is 2.25. The van der Waals surface area contributed by atoms with Crippen LogP contribution in [-0.4, -0.2) is 50.5 Å². The molecule has 0 fully saturated rings. The number of thioether (sulfide) groups is 1. The van der Waals surface area contributed by atoms with Crippen LogP contribution in [0.15, 0.2) is 40.3 Å². The van der Waals surface area contributed by atoms with E-state index in [-0.39, 0.29) is 46.8 Å². The van der Waals surface area contributed by atoms with Gasteiger partial charge in [-0.25, -0.2) is 14.2 Å². The minimum Gasteiger partial charge on any atom is -0.493 e. The van der Waals surface area contributed by atoms with E-state index in [1.54, 1.807) is 30.5 Å². The van der Waals surface area contributed by atoms with Crippen LogP contribution in [-0.2, 0) is 4.74 Å². The van der Waals surface area contributed by atoms with Gasteiger partial charge < -0.3 is 24.7 Å². The number of nitrogens with zero attached hydrogens (tertiary/aromatic N) is 2. The summed E-state index contributed by atoms with van der Waals surface area (Å²) in [6.45, 7) is 0.459. The van der Waals surface area contributed by atoms with E-state index in [1.807, 2.05) is 0 Å².